The Morgan fingerprint density at radius 3 is 2.42 bits per heavy atom. The SMILES string of the molecule is CC(C)(C)O[C@@H]1C=CC(=O)[C@H]1O. The van der Waals surface area contributed by atoms with Gasteiger partial charge in [0.15, 0.2) is 5.78 Å². The summed E-state index contributed by atoms with van der Waals surface area (Å²) in [5.74, 6) is -0.274. The molecule has 3 heteroatoms. The minimum Gasteiger partial charge on any atom is -0.382 e. The van der Waals surface area contributed by atoms with Crippen molar-refractivity contribution in [2.24, 2.45) is 0 Å². The Balaban J connectivity index is 2.56. The first-order chi connectivity index (χ1) is 5.40. The molecule has 12 heavy (non-hydrogen) atoms. The molecule has 1 rings (SSSR count). The number of carbonyl (C=O) groups is 1. The van der Waals surface area contributed by atoms with Gasteiger partial charge in [-0.3, -0.25) is 4.79 Å². The smallest absolute Gasteiger partial charge is 0.186 e. The number of aliphatic hydroxyl groups is 1. The van der Waals surface area contributed by atoms with E-state index in [0.29, 0.717) is 0 Å². The first kappa shape index (κ1) is 9.42. The molecule has 0 spiro atoms. The third kappa shape index (κ3) is 2.16. The normalized spacial score (nSPS) is 29.8. The van der Waals surface area contributed by atoms with Crippen LogP contribution in [0.3, 0.4) is 0 Å². The van der Waals surface area contributed by atoms with Crippen LogP contribution < -0.4 is 0 Å². The lowest BCUT2D eigenvalue weighted by atomic mass is 10.1. The van der Waals surface area contributed by atoms with Crippen molar-refractivity contribution in [2.75, 3.05) is 0 Å². The summed E-state index contributed by atoms with van der Waals surface area (Å²) in [4.78, 5) is 10.9. The molecule has 0 fully saturated rings. The fraction of sp³-hybridized carbons (Fsp3) is 0.667. The molecule has 2 atom stereocenters. The molecule has 0 aromatic heterocycles. The minimum atomic E-state index is -1.01. The standard InChI is InChI=1S/C9H14O3/c1-9(2,3)12-7-5-4-6(10)8(7)11/h4-5,7-8,11H,1-3H3/t7-,8-/m1/s1. The van der Waals surface area contributed by atoms with Crippen LogP contribution in [0.25, 0.3) is 0 Å². The lowest BCUT2D eigenvalue weighted by molar-refractivity contribution is -0.132. The second kappa shape index (κ2) is 2.99. The molecule has 1 N–H and O–H groups in total. The number of hydrogen-bond acceptors (Lipinski definition) is 3. The number of carbonyl (C=O) groups excluding carboxylic acids is 1. The van der Waals surface area contributed by atoms with E-state index in [1.807, 2.05) is 20.8 Å². The zero-order chi connectivity index (χ0) is 9.35. The van der Waals surface area contributed by atoms with E-state index in [4.69, 9.17) is 4.74 Å². The van der Waals surface area contributed by atoms with Gasteiger partial charge in [0, 0.05) is 0 Å². The van der Waals surface area contributed by atoms with Crippen molar-refractivity contribution in [3.8, 4) is 0 Å². The molecule has 0 heterocycles. The second-order valence-corrected chi connectivity index (χ2v) is 3.90. The molecule has 0 radical (unpaired) electrons. The first-order valence-corrected chi connectivity index (χ1v) is 3.98. The van der Waals surface area contributed by atoms with Gasteiger partial charge in [0.25, 0.3) is 0 Å². The van der Waals surface area contributed by atoms with Gasteiger partial charge in [0.2, 0.25) is 0 Å². The highest BCUT2D eigenvalue weighted by Gasteiger charge is 2.31. The van der Waals surface area contributed by atoms with Gasteiger partial charge < -0.3 is 9.84 Å². The van der Waals surface area contributed by atoms with Gasteiger partial charge in [-0.15, -0.1) is 0 Å². The molecular weight excluding hydrogens is 156 g/mol. The van der Waals surface area contributed by atoms with Crippen LogP contribution in [0.4, 0.5) is 0 Å². The van der Waals surface area contributed by atoms with E-state index in [1.54, 1.807) is 6.08 Å². The topological polar surface area (TPSA) is 46.5 Å². The molecule has 0 aromatic carbocycles. The van der Waals surface area contributed by atoms with Crippen molar-refractivity contribution in [3.63, 3.8) is 0 Å². The number of ether oxygens (including phenoxy) is 1. The Bertz CT molecular complexity index is 212. The average Bonchev–Trinajstić information content (AvgIpc) is 2.16. The van der Waals surface area contributed by atoms with Gasteiger partial charge in [0.1, 0.15) is 12.2 Å². The highest BCUT2D eigenvalue weighted by atomic mass is 16.5. The summed E-state index contributed by atoms with van der Waals surface area (Å²) in [5.41, 5.74) is -0.333. The number of ketones is 1. The van der Waals surface area contributed by atoms with Crippen molar-refractivity contribution in [1.29, 1.82) is 0 Å². The fourth-order valence-corrected chi connectivity index (χ4v) is 1.07. The van der Waals surface area contributed by atoms with E-state index in [1.165, 1.54) is 6.08 Å². The van der Waals surface area contributed by atoms with Crippen LogP contribution in [0, 0.1) is 0 Å². The van der Waals surface area contributed by atoms with E-state index in [9.17, 15) is 9.90 Å². The van der Waals surface area contributed by atoms with Gasteiger partial charge in [0.05, 0.1) is 5.60 Å². The lowest BCUT2D eigenvalue weighted by Gasteiger charge is -2.25. The lowest BCUT2D eigenvalue weighted by Crippen LogP contribution is -2.35. The number of rotatable bonds is 1. The highest BCUT2D eigenvalue weighted by Crippen LogP contribution is 2.18. The summed E-state index contributed by atoms with van der Waals surface area (Å²) in [6.07, 6.45) is 1.47. The molecule has 0 aliphatic heterocycles. The summed E-state index contributed by atoms with van der Waals surface area (Å²) < 4.78 is 5.42. The van der Waals surface area contributed by atoms with Crippen molar-refractivity contribution in [1.82, 2.24) is 0 Å². The van der Waals surface area contributed by atoms with Crippen LogP contribution in [-0.4, -0.2) is 28.7 Å². The summed E-state index contributed by atoms with van der Waals surface area (Å²) in [6.45, 7) is 5.66. The second-order valence-electron chi connectivity index (χ2n) is 3.90. The van der Waals surface area contributed by atoms with Crippen LogP contribution >= 0.6 is 0 Å². The fourth-order valence-electron chi connectivity index (χ4n) is 1.07. The Hall–Kier alpha value is -0.670. The number of aliphatic hydroxyl groups excluding tert-OH is 1. The first-order valence-electron chi connectivity index (χ1n) is 3.98. The van der Waals surface area contributed by atoms with E-state index in [0.717, 1.165) is 0 Å². The Morgan fingerprint density at radius 1 is 1.50 bits per heavy atom. The Morgan fingerprint density at radius 2 is 2.08 bits per heavy atom. The summed E-state index contributed by atoms with van der Waals surface area (Å²) >= 11 is 0. The monoisotopic (exact) mass is 170 g/mol. The summed E-state index contributed by atoms with van der Waals surface area (Å²) in [7, 11) is 0. The molecule has 0 amide bonds. The van der Waals surface area contributed by atoms with Crippen LogP contribution in [-0.2, 0) is 9.53 Å². The van der Waals surface area contributed by atoms with Crippen molar-refractivity contribution >= 4 is 5.78 Å². The molecule has 0 aromatic rings. The maximum Gasteiger partial charge on any atom is 0.186 e. The van der Waals surface area contributed by atoms with Crippen LogP contribution in [0.1, 0.15) is 20.8 Å². The number of hydrogen-bond donors (Lipinski definition) is 1. The minimum absolute atomic E-state index is 0.274. The van der Waals surface area contributed by atoms with Crippen molar-refractivity contribution in [3.05, 3.63) is 12.2 Å². The molecule has 0 bridgehead atoms. The average molecular weight is 170 g/mol. The third-order valence-corrected chi connectivity index (χ3v) is 1.54. The van der Waals surface area contributed by atoms with Crippen molar-refractivity contribution < 1.29 is 14.6 Å². The van der Waals surface area contributed by atoms with Gasteiger partial charge in [-0.05, 0) is 32.9 Å². The Kier molecular flexibility index (Phi) is 2.35. The van der Waals surface area contributed by atoms with E-state index >= 15 is 0 Å². The van der Waals surface area contributed by atoms with E-state index in [2.05, 4.69) is 0 Å². The molecule has 1 aliphatic rings. The van der Waals surface area contributed by atoms with Gasteiger partial charge in [-0.2, -0.15) is 0 Å². The predicted molar refractivity (Wildman–Crippen MR) is 44.8 cm³/mol. The zero-order valence-corrected chi connectivity index (χ0v) is 7.57. The maximum absolute atomic E-state index is 10.9. The summed E-state index contributed by atoms with van der Waals surface area (Å²) in [6, 6.07) is 0. The van der Waals surface area contributed by atoms with Crippen LogP contribution in [0.2, 0.25) is 0 Å². The van der Waals surface area contributed by atoms with Gasteiger partial charge in [-0.1, -0.05) is 0 Å². The van der Waals surface area contributed by atoms with Gasteiger partial charge in [-0.25, -0.2) is 0 Å². The molecule has 1 aliphatic carbocycles. The Labute approximate surface area is 72.0 Å². The van der Waals surface area contributed by atoms with E-state index < -0.39 is 12.2 Å². The molecule has 68 valence electrons. The molecule has 0 saturated carbocycles. The third-order valence-electron chi connectivity index (χ3n) is 1.54. The predicted octanol–water partition coefficient (Wildman–Crippen LogP) is 0.670. The largest absolute Gasteiger partial charge is 0.382 e. The maximum atomic E-state index is 10.9. The molecule has 0 saturated heterocycles. The molecule has 3 nitrogen and oxygen atoms in total. The molecule has 0 unspecified atom stereocenters. The molecular formula is C9H14O3. The van der Waals surface area contributed by atoms with Crippen LogP contribution in [0.15, 0.2) is 12.2 Å². The highest BCUT2D eigenvalue weighted by molar-refractivity contribution is 5.96. The zero-order valence-electron chi connectivity index (χ0n) is 7.57. The van der Waals surface area contributed by atoms with E-state index in [-0.39, 0.29) is 11.4 Å². The summed E-state index contributed by atoms with van der Waals surface area (Å²) in [5, 5.41) is 9.28. The van der Waals surface area contributed by atoms with Crippen LogP contribution in [0.5, 0.6) is 0 Å². The van der Waals surface area contributed by atoms with Crippen molar-refractivity contribution in [2.45, 2.75) is 38.6 Å². The van der Waals surface area contributed by atoms with Gasteiger partial charge >= 0.3 is 0 Å². The quantitative estimate of drug-likeness (QED) is 0.629.